The van der Waals surface area contributed by atoms with Crippen LogP contribution in [0, 0.1) is 3.56 Å². The summed E-state index contributed by atoms with van der Waals surface area (Å²) in [6.07, 6.45) is 2.36. The van der Waals surface area contributed by atoms with E-state index >= 15 is 0 Å². The lowest BCUT2D eigenvalue weighted by molar-refractivity contribution is 0.0600. The maximum absolute atomic E-state index is 11.3. The predicted octanol–water partition coefficient (Wildman–Crippen LogP) is 3.17. The molecule has 0 saturated carbocycles. The molecule has 1 saturated heterocycles. The summed E-state index contributed by atoms with van der Waals surface area (Å²) in [5.74, 6) is -0.285. The number of methoxy groups -OCH3 is 1. The molecule has 0 radical (unpaired) electrons. The van der Waals surface area contributed by atoms with Crippen LogP contribution in [0.2, 0.25) is 0 Å². The molecule has 0 atom stereocenters. The third-order valence-electron chi connectivity index (χ3n) is 3.45. The number of alkyl halides is 1. The Kier molecular flexibility index (Phi) is 5.45. The minimum Gasteiger partial charge on any atom is -0.465 e. The SMILES string of the molecule is COC(=O)c1ccc(CN2CCC(I=N)CC2)cc1. The van der Waals surface area contributed by atoms with Crippen molar-refractivity contribution in [1.29, 1.82) is 3.56 Å². The van der Waals surface area contributed by atoms with Gasteiger partial charge in [-0.2, -0.15) is 0 Å². The number of carbonyl (C=O) groups is 1. The molecule has 19 heavy (non-hydrogen) atoms. The molecule has 1 aliphatic heterocycles. The van der Waals surface area contributed by atoms with Gasteiger partial charge in [-0.1, -0.05) is 12.1 Å². The smallest absolute Gasteiger partial charge is 0.337 e. The van der Waals surface area contributed by atoms with Gasteiger partial charge in [-0.15, -0.1) is 0 Å². The number of piperidine rings is 1. The number of hydrogen-bond donors (Lipinski definition) is 1. The number of nitrogens with zero attached hydrogens (tertiary/aromatic N) is 1. The minimum absolute atomic E-state index is 0.285. The molecule has 5 heteroatoms. The van der Waals surface area contributed by atoms with Crippen LogP contribution in [0.5, 0.6) is 0 Å². The summed E-state index contributed by atoms with van der Waals surface area (Å²) in [7, 11) is 1.40. The van der Waals surface area contributed by atoms with Crippen LogP contribution in [0.1, 0.15) is 28.8 Å². The van der Waals surface area contributed by atoms with E-state index in [1.807, 2.05) is 24.3 Å². The average Bonchev–Trinajstić information content (AvgIpc) is 2.48. The lowest BCUT2D eigenvalue weighted by atomic mass is 10.1. The van der Waals surface area contributed by atoms with Crippen LogP contribution < -0.4 is 0 Å². The summed E-state index contributed by atoms with van der Waals surface area (Å²) in [5.41, 5.74) is 1.83. The molecule has 4 nitrogen and oxygen atoms in total. The Hall–Kier alpha value is -0.820. The van der Waals surface area contributed by atoms with Crippen LogP contribution in [0.25, 0.3) is 0 Å². The number of carbonyl (C=O) groups excluding carboxylic acids is 1. The summed E-state index contributed by atoms with van der Waals surface area (Å²) >= 11 is -0.336. The molecule has 1 heterocycles. The second-order valence-corrected chi connectivity index (χ2v) is 7.13. The number of rotatable bonds is 4. The maximum atomic E-state index is 11.3. The lowest BCUT2D eigenvalue weighted by Gasteiger charge is -2.29. The highest BCUT2D eigenvalue weighted by molar-refractivity contribution is 14.1. The Labute approximate surface area is 124 Å². The number of nitrogens with one attached hydrogen (secondary N) is 1. The van der Waals surface area contributed by atoms with Gasteiger partial charge in [0, 0.05) is 10.5 Å². The van der Waals surface area contributed by atoms with E-state index in [1.54, 1.807) is 0 Å². The molecule has 0 spiro atoms. The first kappa shape index (κ1) is 14.6. The quantitative estimate of drug-likeness (QED) is 0.501. The highest BCUT2D eigenvalue weighted by atomic mass is 127. The van der Waals surface area contributed by atoms with Crippen LogP contribution in [0.15, 0.2) is 24.3 Å². The fourth-order valence-corrected chi connectivity index (χ4v) is 3.47. The fraction of sp³-hybridized carbons (Fsp3) is 0.500. The molecular formula is C14H19IN2O2. The van der Waals surface area contributed by atoms with E-state index in [4.69, 9.17) is 3.56 Å². The van der Waals surface area contributed by atoms with Crippen molar-refractivity contribution in [2.75, 3.05) is 20.2 Å². The number of ether oxygens (including phenoxy) is 1. The Bertz CT molecular complexity index is 439. The molecule has 0 unspecified atom stereocenters. The summed E-state index contributed by atoms with van der Waals surface area (Å²) in [6, 6.07) is 7.64. The van der Waals surface area contributed by atoms with Gasteiger partial charge in [-0.05, 0) is 64.7 Å². The highest BCUT2D eigenvalue weighted by Gasteiger charge is 2.18. The highest BCUT2D eigenvalue weighted by Crippen LogP contribution is 2.23. The first-order chi connectivity index (χ1) is 9.22. The molecule has 1 N–H and O–H groups in total. The van der Waals surface area contributed by atoms with Gasteiger partial charge >= 0.3 is 5.97 Å². The molecule has 0 amide bonds. The van der Waals surface area contributed by atoms with Gasteiger partial charge in [0.2, 0.25) is 0 Å². The van der Waals surface area contributed by atoms with Crippen LogP contribution in [-0.4, -0.2) is 35.0 Å². The van der Waals surface area contributed by atoms with Crippen LogP contribution >= 0.6 is 21.0 Å². The molecule has 2 rings (SSSR count). The molecule has 1 aromatic carbocycles. The zero-order valence-electron chi connectivity index (χ0n) is 11.1. The van der Waals surface area contributed by atoms with Gasteiger partial charge in [-0.3, -0.25) is 8.46 Å². The van der Waals surface area contributed by atoms with Crippen LogP contribution in [-0.2, 0) is 11.3 Å². The van der Waals surface area contributed by atoms with Crippen molar-refractivity contribution in [1.82, 2.24) is 4.90 Å². The third kappa shape index (κ3) is 4.07. The maximum Gasteiger partial charge on any atom is 0.337 e. The van der Waals surface area contributed by atoms with Crippen molar-refractivity contribution in [3.05, 3.63) is 35.4 Å². The van der Waals surface area contributed by atoms with E-state index in [2.05, 4.69) is 9.64 Å². The predicted molar refractivity (Wildman–Crippen MR) is 82.8 cm³/mol. The van der Waals surface area contributed by atoms with Crippen molar-refractivity contribution in [2.24, 2.45) is 0 Å². The van der Waals surface area contributed by atoms with E-state index in [1.165, 1.54) is 25.5 Å². The topological polar surface area (TPSA) is 53.4 Å². The van der Waals surface area contributed by atoms with Gasteiger partial charge in [0.1, 0.15) is 0 Å². The minimum atomic E-state index is -0.336. The van der Waals surface area contributed by atoms with E-state index < -0.39 is 0 Å². The molecule has 0 bridgehead atoms. The van der Waals surface area contributed by atoms with Crippen molar-refractivity contribution >= 4 is 27.0 Å². The molecule has 1 aromatic rings. The average molecular weight is 374 g/mol. The summed E-state index contributed by atoms with van der Waals surface area (Å²) in [5, 5.41) is 0. The Balaban J connectivity index is 1.90. The number of hydrogen-bond acceptors (Lipinski definition) is 4. The van der Waals surface area contributed by atoms with Crippen molar-refractivity contribution < 1.29 is 9.53 Å². The number of halogens is 1. The van der Waals surface area contributed by atoms with E-state index in [0.717, 1.165) is 19.6 Å². The van der Waals surface area contributed by atoms with Gasteiger partial charge in [0.25, 0.3) is 0 Å². The van der Waals surface area contributed by atoms with Gasteiger partial charge in [-0.25, -0.2) is 4.79 Å². The van der Waals surface area contributed by atoms with E-state index in [0.29, 0.717) is 9.49 Å². The summed E-state index contributed by atoms with van der Waals surface area (Å²) < 4.78 is 12.9. The van der Waals surface area contributed by atoms with Crippen molar-refractivity contribution in [2.45, 2.75) is 23.3 Å². The normalized spacial score (nSPS) is 17.3. The Morgan fingerprint density at radius 3 is 2.53 bits per heavy atom. The zero-order chi connectivity index (χ0) is 13.7. The van der Waals surface area contributed by atoms with Crippen molar-refractivity contribution in [3.63, 3.8) is 0 Å². The van der Waals surface area contributed by atoms with E-state index in [9.17, 15) is 4.79 Å². The monoisotopic (exact) mass is 374 g/mol. The Morgan fingerprint density at radius 2 is 2.00 bits per heavy atom. The molecule has 104 valence electrons. The second kappa shape index (κ2) is 7.09. The number of benzene rings is 1. The van der Waals surface area contributed by atoms with Crippen LogP contribution in [0.3, 0.4) is 0 Å². The molecule has 1 fully saturated rings. The second-order valence-electron chi connectivity index (χ2n) is 4.75. The molecule has 1 aliphatic rings. The lowest BCUT2D eigenvalue weighted by Crippen LogP contribution is -2.33. The number of esters is 1. The largest absolute Gasteiger partial charge is 0.465 e. The Morgan fingerprint density at radius 1 is 1.37 bits per heavy atom. The molecule has 0 aromatic heterocycles. The number of likely N-dealkylation sites (tertiary alicyclic amines) is 1. The van der Waals surface area contributed by atoms with Gasteiger partial charge < -0.3 is 4.74 Å². The third-order valence-corrected chi connectivity index (χ3v) is 5.58. The van der Waals surface area contributed by atoms with E-state index in [-0.39, 0.29) is 27.0 Å². The van der Waals surface area contributed by atoms with Gasteiger partial charge in [0.15, 0.2) is 0 Å². The van der Waals surface area contributed by atoms with Gasteiger partial charge in [0.05, 0.1) is 12.7 Å². The molecule has 0 aliphatic carbocycles. The summed E-state index contributed by atoms with van der Waals surface area (Å²) in [4.78, 5) is 13.8. The van der Waals surface area contributed by atoms with Crippen LogP contribution in [0.4, 0.5) is 0 Å². The fourth-order valence-electron chi connectivity index (χ4n) is 2.29. The standard InChI is InChI=1S/C14H19IN2O2/c1-19-14(18)12-4-2-11(3-5-12)10-17-8-6-13(15-16)7-9-17/h2-5,13,16H,6-10H2,1H3. The molecular weight excluding hydrogens is 355 g/mol. The first-order valence-corrected chi connectivity index (χ1v) is 8.74. The first-order valence-electron chi connectivity index (χ1n) is 6.41. The summed E-state index contributed by atoms with van der Waals surface area (Å²) in [6.45, 7) is 3.13. The van der Waals surface area contributed by atoms with Crippen molar-refractivity contribution in [3.8, 4) is 0 Å². The zero-order valence-corrected chi connectivity index (χ0v) is 13.2.